The molecule has 0 saturated heterocycles. The Kier molecular flexibility index (Phi) is 5.33. The van der Waals surface area contributed by atoms with Gasteiger partial charge in [0.1, 0.15) is 0 Å². The molecular weight excluding hydrogens is 300 g/mol. The molecule has 4 nitrogen and oxygen atoms in total. The van der Waals surface area contributed by atoms with E-state index in [2.05, 4.69) is 10.6 Å². The highest BCUT2D eigenvalue weighted by Gasteiger charge is 2.04. The van der Waals surface area contributed by atoms with Crippen LogP contribution in [0.3, 0.4) is 0 Å². The van der Waals surface area contributed by atoms with Crippen LogP contribution in [-0.4, -0.2) is 18.9 Å². The summed E-state index contributed by atoms with van der Waals surface area (Å²) in [4.78, 5) is 23.4. The molecule has 2 aromatic carbocycles. The summed E-state index contributed by atoms with van der Waals surface area (Å²) in [6.45, 7) is 0. The highest BCUT2D eigenvalue weighted by atomic mass is 35.5. The number of rotatable bonds is 4. The van der Waals surface area contributed by atoms with Crippen LogP contribution in [0.4, 0.5) is 5.69 Å². The lowest BCUT2D eigenvalue weighted by Crippen LogP contribution is -2.18. The maximum absolute atomic E-state index is 11.9. The van der Waals surface area contributed by atoms with Gasteiger partial charge in [0, 0.05) is 29.4 Å². The molecule has 0 aromatic heterocycles. The van der Waals surface area contributed by atoms with Crippen molar-refractivity contribution in [3.63, 3.8) is 0 Å². The minimum atomic E-state index is -0.274. The first-order chi connectivity index (χ1) is 10.6. The first-order valence-corrected chi connectivity index (χ1v) is 7.03. The first-order valence-electron chi connectivity index (χ1n) is 6.65. The summed E-state index contributed by atoms with van der Waals surface area (Å²) in [7, 11) is 1.56. The van der Waals surface area contributed by atoms with Crippen LogP contribution in [0.2, 0.25) is 5.02 Å². The summed E-state index contributed by atoms with van der Waals surface area (Å²) in [5, 5.41) is 5.89. The van der Waals surface area contributed by atoms with Gasteiger partial charge in [0.05, 0.1) is 0 Å². The second-order valence-corrected chi connectivity index (χ2v) is 4.97. The van der Waals surface area contributed by atoms with Gasteiger partial charge in [-0.25, -0.2) is 0 Å². The molecule has 112 valence electrons. The lowest BCUT2D eigenvalue weighted by molar-refractivity contribution is -0.111. The third kappa shape index (κ3) is 4.46. The van der Waals surface area contributed by atoms with E-state index in [4.69, 9.17) is 11.6 Å². The molecule has 5 heteroatoms. The Morgan fingerprint density at radius 3 is 2.50 bits per heavy atom. The molecule has 0 aliphatic rings. The number of carbonyl (C=O) groups excluding carboxylic acids is 2. The van der Waals surface area contributed by atoms with E-state index in [1.54, 1.807) is 49.5 Å². The molecule has 0 bridgehead atoms. The largest absolute Gasteiger partial charge is 0.355 e. The zero-order chi connectivity index (χ0) is 15.9. The van der Waals surface area contributed by atoms with E-state index in [0.717, 1.165) is 5.56 Å². The molecule has 0 unspecified atom stereocenters. The van der Waals surface area contributed by atoms with Crippen molar-refractivity contribution in [1.29, 1.82) is 0 Å². The average molecular weight is 315 g/mol. The Bertz CT molecular complexity index is 709. The molecule has 0 radical (unpaired) electrons. The van der Waals surface area contributed by atoms with Gasteiger partial charge in [-0.05, 0) is 42.0 Å². The molecule has 2 N–H and O–H groups in total. The number of halogens is 1. The van der Waals surface area contributed by atoms with Crippen LogP contribution in [0.25, 0.3) is 6.08 Å². The van der Waals surface area contributed by atoms with Crippen molar-refractivity contribution in [3.05, 3.63) is 70.8 Å². The average Bonchev–Trinajstić information content (AvgIpc) is 2.54. The number of benzene rings is 2. The Labute approximate surface area is 133 Å². The quantitative estimate of drug-likeness (QED) is 0.850. The van der Waals surface area contributed by atoms with Crippen LogP contribution >= 0.6 is 11.6 Å². The van der Waals surface area contributed by atoms with Gasteiger partial charge in [-0.3, -0.25) is 9.59 Å². The summed E-state index contributed by atoms with van der Waals surface area (Å²) < 4.78 is 0. The third-order valence-electron chi connectivity index (χ3n) is 2.92. The minimum Gasteiger partial charge on any atom is -0.355 e. The lowest BCUT2D eigenvalue weighted by atomic mass is 10.2. The summed E-state index contributed by atoms with van der Waals surface area (Å²) in [5.41, 5.74) is 1.92. The van der Waals surface area contributed by atoms with Crippen molar-refractivity contribution in [2.75, 3.05) is 12.4 Å². The van der Waals surface area contributed by atoms with Gasteiger partial charge in [-0.1, -0.05) is 29.8 Å². The van der Waals surface area contributed by atoms with Crippen LogP contribution in [0.5, 0.6) is 0 Å². The monoisotopic (exact) mass is 314 g/mol. The number of amides is 2. The number of hydrogen-bond acceptors (Lipinski definition) is 2. The molecule has 0 aliphatic heterocycles. The van der Waals surface area contributed by atoms with E-state index in [9.17, 15) is 9.59 Å². The fraction of sp³-hybridized carbons (Fsp3) is 0.0588. The van der Waals surface area contributed by atoms with Crippen LogP contribution < -0.4 is 10.6 Å². The Morgan fingerprint density at radius 1 is 1.09 bits per heavy atom. The standard InChI is InChI=1S/C17H15ClN2O2/c1-19-17(22)13-3-2-4-15(11-13)20-16(21)10-7-12-5-8-14(18)9-6-12/h2-11H,1H3,(H,19,22)(H,20,21)/b10-7+. The molecule has 0 aliphatic carbocycles. The Balaban J connectivity index is 2.02. The topological polar surface area (TPSA) is 58.2 Å². The zero-order valence-corrected chi connectivity index (χ0v) is 12.7. The van der Waals surface area contributed by atoms with Gasteiger partial charge in [-0.2, -0.15) is 0 Å². The van der Waals surface area contributed by atoms with E-state index in [1.807, 2.05) is 12.1 Å². The second kappa shape index (κ2) is 7.43. The van der Waals surface area contributed by atoms with E-state index in [0.29, 0.717) is 16.3 Å². The molecule has 0 atom stereocenters. The van der Waals surface area contributed by atoms with Crippen molar-refractivity contribution >= 4 is 35.2 Å². The number of carbonyl (C=O) groups is 2. The molecule has 2 amide bonds. The van der Waals surface area contributed by atoms with E-state index in [-0.39, 0.29) is 11.8 Å². The molecule has 22 heavy (non-hydrogen) atoms. The molecule has 0 saturated carbocycles. The molecule has 2 aromatic rings. The molecule has 0 fully saturated rings. The molecule has 2 rings (SSSR count). The van der Waals surface area contributed by atoms with Gasteiger partial charge in [-0.15, -0.1) is 0 Å². The molecular formula is C17H15ClN2O2. The van der Waals surface area contributed by atoms with Gasteiger partial charge in [0.25, 0.3) is 5.91 Å². The maximum Gasteiger partial charge on any atom is 0.251 e. The highest BCUT2D eigenvalue weighted by Crippen LogP contribution is 2.12. The van der Waals surface area contributed by atoms with Crippen molar-refractivity contribution in [2.24, 2.45) is 0 Å². The predicted octanol–water partition coefficient (Wildman–Crippen LogP) is 3.35. The van der Waals surface area contributed by atoms with Crippen LogP contribution in [0.1, 0.15) is 15.9 Å². The van der Waals surface area contributed by atoms with Crippen molar-refractivity contribution in [2.45, 2.75) is 0 Å². The zero-order valence-electron chi connectivity index (χ0n) is 12.0. The number of nitrogens with one attached hydrogen (secondary N) is 2. The van der Waals surface area contributed by atoms with Gasteiger partial charge in [0.15, 0.2) is 0 Å². The van der Waals surface area contributed by atoms with Gasteiger partial charge >= 0.3 is 0 Å². The van der Waals surface area contributed by atoms with Crippen molar-refractivity contribution in [3.8, 4) is 0 Å². The summed E-state index contributed by atoms with van der Waals surface area (Å²) in [6, 6.07) is 13.9. The van der Waals surface area contributed by atoms with Crippen molar-refractivity contribution in [1.82, 2.24) is 5.32 Å². The van der Waals surface area contributed by atoms with Crippen molar-refractivity contribution < 1.29 is 9.59 Å². The smallest absolute Gasteiger partial charge is 0.251 e. The second-order valence-electron chi connectivity index (χ2n) is 4.53. The third-order valence-corrected chi connectivity index (χ3v) is 3.17. The van der Waals surface area contributed by atoms with Gasteiger partial charge < -0.3 is 10.6 Å². The van der Waals surface area contributed by atoms with Crippen LogP contribution in [0.15, 0.2) is 54.6 Å². The fourth-order valence-electron chi connectivity index (χ4n) is 1.81. The number of hydrogen-bond donors (Lipinski definition) is 2. The van der Waals surface area contributed by atoms with Crippen LogP contribution in [-0.2, 0) is 4.79 Å². The SMILES string of the molecule is CNC(=O)c1cccc(NC(=O)/C=C/c2ccc(Cl)cc2)c1. The highest BCUT2D eigenvalue weighted by molar-refractivity contribution is 6.30. The fourth-order valence-corrected chi connectivity index (χ4v) is 1.94. The summed E-state index contributed by atoms with van der Waals surface area (Å²) >= 11 is 5.80. The minimum absolute atomic E-state index is 0.201. The molecule has 0 heterocycles. The van der Waals surface area contributed by atoms with Crippen LogP contribution in [0, 0.1) is 0 Å². The van der Waals surface area contributed by atoms with E-state index >= 15 is 0 Å². The maximum atomic E-state index is 11.9. The number of anilines is 1. The molecule has 0 spiro atoms. The predicted molar refractivity (Wildman–Crippen MR) is 88.9 cm³/mol. The Hall–Kier alpha value is -2.59. The van der Waals surface area contributed by atoms with E-state index in [1.165, 1.54) is 6.08 Å². The van der Waals surface area contributed by atoms with Gasteiger partial charge in [0.2, 0.25) is 5.91 Å². The van der Waals surface area contributed by atoms with E-state index < -0.39 is 0 Å². The summed E-state index contributed by atoms with van der Waals surface area (Å²) in [5.74, 6) is -0.475. The summed E-state index contributed by atoms with van der Waals surface area (Å²) in [6.07, 6.45) is 3.12. The normalized spacial score (nSPS) is 10.5. The Morgan fingerprint density at radius 2 is 1.82 bits per heavy atom. The first kappa shape index (κ1) is 15.8. The lowest BCUT2D eigenvalue weighted by Gasteiger charge is -2.05.